The van der Waals surface area contributed by atoms with Gasteiger partial charge in [0.25, 0.3) is 0 Å². The van der Waals surface area contributed by atoms with E-state index in [4.69, 9.17) is 0 Å². The van der Waals surface area contributed by atoms with Crippen molar-refractivity contribution in [3.05, 3.63) is 88.8 Å². The fraction of sp³-hybridized carbons (Fsp3) is 0. The SMILES string of the molecule is O=C([O-])c1cccnc1C(=O)[O-].O=C([O-])c1cccnc1C(=O)[O-].O=C([O-])c1cccnc1C(=O)[O-].[Cr+6]. The van der Waals surface area contributed by atoms with Gasteiger partial charge in [-0.1, -0.05) is 0 Å². The molecule has 0 saturated carbocycles. The van der Waals surface area contributed by atoms with Gasteiger partial charge in [0, 0.05) is 35.3 Å². The Hall–Kier alpha value is -5.20. The maximum atomic E-state index is 10.3. The maximum Gasteiger partial charge on any atom is 6.00 e. The first kappa shape index (κ1) is 31.8. The minimum absolute atomic E-state index is 0. The van der Waals surface area contributed by atoms with E-state index in [1.54, 1.807) is 0 Å². The summed E-state index contributed by atoms with van der Waals surface area (Å²) in [6.07, 6.45) is 3.49. The van der Waals surface area contributed by atoms with Crippen molar-refractivity contribution in [2.24, 2.45) is 0 Å². The molecule has 0 aliphatic rings. The normalized spacial score (nSPS) is 9.08. The van der Waals surface area contributed by atoms with Crippen molar-refractivity contribution in [2.75, 3.05) is 0 Å². The number of pyridine rings is 3. The standard InChI is InChI=1S/3C7H5NO4.Cr/c3*9-6(10)4-2-1-3-8-5(4)7(11)12;/h3*1-3H,(H,9,10)(H,11,12);/q;;;+6/p-6. The monoisotopic (exact) mass is 547 g/mol. The number of nitrogens with zero attached hydrogens (tertiary/aromatic N) is 3. The zero-order valence-corrected chi connectivity index (χ0v) is 19.1. The third kappa shape index (κ3) is 9.52. The molecular weight excluding hydrogens is 538 g/mol. The topological polar surface area (TPSA) is 279 Å². The van der Waals surface area contributed by atoms with Gasteiger partial charge >= 0.3 is 17.4 Å². The first-order valence-corrected chi connectivity index (χ1v) is 9.01. The second kappa shape index (κ2) is 14.9. The molecule has 0 N–H and O–H groups in total. The Balaban J connectivity index is 0.000000518. The van der Waals surface area contributed by atoms with Crippen molar-refractivity contribution in [1.82, 2.24) is 15.0 Å². The molecule has 16 heteroatoms. The first-order chi connectivity index (χ1) is 16.9. The Bertz CT molecular complexity index is 1070. The number of aromatic carboxylic acids is 6. The van der Waals surface area contributed by atoms with Gasteiger partial charge in [0.2, 0.25) is 0 Å². The number of carbonyl (C=O) groups excluding carboxylic acids is 6. The summed E-state index contributed by atoms with van der Waals surface area (Å²) in [5.41, 5.74) is -3.26. The summed E-state index contributed by atoms with van der Waals surface area (Å²) < 4.78 is 0. The van der Waals surface area contributed by atoms with Crippen LogP contribution in [0.3, 0.4) is 0 Å². The van der Waals surface area contributed by atoms with Crippen molar-refractivity contribution in [2.45, 2.75) is 0 Å². The molecule has 0 aromatic carbocycles. The smallest absolute Gasteiger partial charge is 0.545 e. The molecule has 0 saturated heterocycles. The van der Waals surface area contributed by atoms with E-state index in [-0.39, 0.29) is 17.4 Å². The van der Waals surface area contributed by atoms with Crippen LogP contribution in [-0.4, -0.2) is 50.8 Å². The summed E-state index contributed by atoms with van der Waals surface area (Å²) in [4.78, 5) is 71.6. The number of hydrogen-bond donors (Lipinski definition) is 0. The van der Waals surface area contributed by atoms with Crippen LogP contribution in [0.4, 0.5) is 0 Å². The Morgan fingerprint density at radius 1 is 0.432 bits per heavy atom. The van der Waals surface area contributed by atoms with E-state index in [1.807, 2.05) is 0 Å². The van der Waals surface area contributed by atoms with Crippen LogP contribution in [0.2, 0.25) is 0 Å². The van der Waals surface area contributed by atoms with Crippen LogP contribution in [0.1, 0.15) is 62.5 Å². The Morgan fingerprint density at radius 3 is 0.784 bits per heavy atom. The fourth-order valence-electron chi connectivity index (χ4n) is 2.20. The number of carboxylic acid groups (broad SMARTS) is 6. The van der Waals surface area contributed by atoms with Crippen molar-refractivity contribution in [3.8, 4) is 0 Å². The van der Waals surface area contributed by atoms with Gasteiger partial charge in [-0.2, -0.15) is 0 Å². The minimum Gasteiger partial charge on any atom is -0.545 e. The van der Waals surface area contributed by atoms with E-state index >= 15 is 0 Å². The molecule has 0 bridgehead atoms. The maximum absolute atomic E-state index is 10.3. The second-order valence-corrected chi connectivity index (χ2v) is 5.92. The summed E-state index contributed by atoms with van der Waals surface area (Å²) in [5.74, 6) is -9.63. The predicted molar refractivity (Wildman–Crippen MR) is 98.7 cm³/mol. The molecule has 37 heavy (non-hydrogen) atoms. The van der Waals surface area contributed by atoms with E-state index < -0.39 is 69.6 Å². The molecule has 3 aromatic heterocycles. The number of carbonyl (C=O) groups is 6. The molecule has 0 radical (unpaired) electrons. The average Bonchev–Trinajstić information content (AvgIpc) is 2.84. The summed E-state index contributed by atoms with van der Waals surface area (Å²) in [5, 5.41) is 61.6. The molecule has 0 aliphatic heterocycles. The molecule has 0 fully saturated rings. The van der Waals surface area contributed by atoms with Crippen LogP contribution in [0.25, 0.3) is 0 Å². The molecule has 15 nitrogen and oxygen atoms in total. The van der Waals surface area contributed by atoms with Crippen LogP contribution >= 0.6 is 0 Å². The molecular formula is C21H9CrN3O12. The molecule has 0 atom stereocenters. The minimum atomic E-state index is -1.63. The van der Waals surface area contributed by atoms with Gasteiger partial charge in [0.05, 0.1) is 52.9 Å². The Morgan fingerprint density at radius 2 is 0.649 bits per heavy atom. The van der Waals surface area contributed by atoms with Crippen molar-refractivity contribution in [1.29, 1.82) is 0 Å². The van der Waals surface area contributed by atoms with Gasteiger partial charge in [0.1, 0.15) is 0 Å². The first-order valence-electron chi connectivity index (χ1n) is 9.01. The van der Waals surface area contributed by atoms with Crippen LogP contribution in [0, 0.1) is 0 Å². The van der Waals surface area contributed by atoms with Crippen LogP contribution < -0.4 is 30.6 Å². The van der Waals surface area contributed by atoms with E-state index in [9.17, 15) is 59.4 Å². The summed E-state index contributed by atoms with van der Waals surface area (Å²) in [6, 6.07) is 7.18. The van der Waals surface area contributed by atoms with Gasteiger partial charge < -0.3 is 59.4 Å². The second-order valence-electron chi connectivity index (χ2n) is 5.92. The van der Waals surface area contributed by atoms with E-state index in [2.05, 4.69) is 15.0 Å². The zero-order valence-electron chi connectivity index (χ0n) is 17.8. The summed E-state index contributed by atoms with van der Waals surface area (Å²) >= 11 is 0. The number of rotatable bonds is 6. The van der Waals surface area contributed by atoms with E-state index in [0.29, 0.717) is 0 Å². The zero-order chi connectivity index (χ0) is 27.4. The quantitative estimate of drug-likeness (QED) is 0.277. The average molecular weight is 547 g/mol. The third-order valence-electron chi connectivity index (χ3n) is 3.66. The molecule has 186 valence electrons. The van der Waals surface area contributed by atoms with E-state index in [0.717, 1.165) is 36.8 Å². The molecule has 0 amide bonds. The van der Waals surface area contributed by atoms with Gasteiger partial charge in [-0.3, -0.25) is 15.0 Å². The third-order valence-corrected chi connectivity index (χ3v) is 3.66. The number of hydrogen-bond acceptors (Lipinski definition) is 15. The van der Waals surface area contributed by atoms with Gasteiger partial charge in [0.15, 0.2) is 0 Å². The molecule has 3 rings (SSSR count). The predicted octanol–water partition coefficient (Wildman–Crippen LogP) is -6.58. The molecule has 0 unspecified atom stereocenters. The summed E-state index contributed by atoms with van der Waals surface area (Å²) in [6.45, 7) is 0. The number of aromatic nitrogens is 3. The van der Waals surface area contributed by atoms with E-state index in [1.165, 1.54) is 18.2 Å². The van der Waals surface area contributed by atoms with Gasteiger partial charge in [-0.15, -0.1) is 0 Å². The van der Waals surface area contributed by atoms with Crippen molar-refractivity contribution in [3.63, 3.8) is 0 Å². The molecule has 3 aromatic rings. The molecule has 3 heterocycles. The fourth-order valence-corrected chi connectivity index (χ4v) is 2.20. The van der Waals surface area contributed by atoms with Crippen LogP contribution in [-0.2, 0) is 17.4 Å². The van der Waals surface area contributed by atoms with Gasteiger partial charge in [-0.25, -0.2) is 0 Å². The molecule has 0 aliphatic carbocycles. The van der Waals surface area contributed by atoms with Crippen molar-refractivity contribution < 1.29 is 76.8 Å². The number of carboxylic acids is 6. The Labute approximate surface area is 216 Å². The van der Waals surface area contributed by atoms with Gasteiger partial charge in [-0.05, 0) is 36.4 Å². The molecule has 0 spiro atoms. The Kier molecular flexibility index (Phi) is 12.8. The summed E-state index contributed by atoms with van der Waals surface area (Å²) in [7, 11) is 0. The van der Waals surface area contributed by atoms with Crippen LogP contribution in [0.5, 0.6) is 0 Å². The largest absolute Gasteiger partial charge is 6.00 e. The van der Waals surface area contributed by atoms with Crippen molar-refractivity contribution >= 4 is 35.8 Å². The van der Waals surface area contributed by atoms with Crippen LogP contribution in [0.15, 0.2) is 55.0 Å².